The van der Waals surface area contributed by atoms with Crippen molar-refractivity contribution in [2.45, 2.75) is 19.1 Å². The van der Waals surface area contributed by atoms with Gasteiger partial charge in [0.15, 0.2) is 6.10 Å². The third-order valence-corrected chi connectivity index (χ3v) is 3.55. The topological polar surface area (TPSA) is 110 Å². The molecule has 1 aromatic carbocycles. The molecule has 120 valence electrons. The summed E-state index contributed by atoms with van der Waals surface area (Å²) in [6.45, 7) is 2.07. The van der Waals surface area contributed by atoms with Crippen molar-refractivity contribution >= 4 is 11.9 Å². The van der Waals surface area contributed by atoms with Gasteiger partial charge < -0.3 is 14.7 Å². The van der Waals surface area contributed by atoms with Crippen LogP contribution in [0.2, 0.25) is 0 Å². The Labute approximate surface area is 131 Å². The van der Waals surface area contributed by atoms with Crippen LogP contribution in [0.15, 0.2) is 30.6 Å². The van der Waals surface area contributed by atoms with Crippen LogP contribution >= 0.6 is 0 Å². The summed E-state index contributed by atoms with van der Waals surface area (Å²) in [4.78, 5) is 25.5. The highest BCUT2D eigenvalue weighted by molar-refractivity contribution is 5.98. The number of nitrogens with zero attached hydrogens (tertiary/aromatic N) is 5. The number of carbonyl (C=O) groups excluding carboxylic acids is 1. The Balaban J connectivity index is 1.90. The Morgan fingerprint density at radius 1 is 1.30 bits per heavy atom. The molecule has 2 atom stereocenters. The first-order valence-corrected chi connectivity index (χ1v) is 7.06. The largest absolute Gasteiger partial charge is 0.479 e. The van der Waals surface area contributed by atoms with Crippen LogP contribution in [0.3, 0.4) is 0 Å². The highest BCUT2D eigenvalue weighted by Gasteiger charge is 2.33. The zero-order valence-electron chi connectivity index (χ0n) is 12.4. The molecule has 9 nitrogen and oxygen atoms in total. The van der Waals surface area contributed by atoms with E-state index in [2.05, 4.69) is 15.5 Å². The molecule has 1 aromatic heterocycles. The second-order valence-corrected chi connectivity index (χ2v) is 5.26. The van der Waals surface area contributed by atoms with E-state index < -0.39 is 12.1 Å². The number of carboxylic acid groups (broad SMARTS) is 1. The molecule has 1 amide bonds. The number of amides is 1. The third kappa shape index (κ3) is 3.04. The SMILES string of the molecule is C[C@@H]1CN(C(=O)c2ccccc2-n2cnnn2)CC(C(=O)O)O1. The van der Waals surface area contributed by atoms with Crippen molar-refractivity contribution in [3.8, 4) is 5.69 Å². The molecule has 1 N–H and O–H groups in total. The highest BCUT2D eigenvalue weighted by atomic mass is 16.5. The number of rotatable bonds is 3. The van der Waals surface area contributed by atoms with Crippen LogP contribution in [0, 0.1) is 0 Å². The molecule has 2 aromatic rings. The molecule has 1 aliphatic heterocycles. The van der Waals surface area contributed by atoms with Crippen LogP contribution in [0.1, 0.15) is 17.3 Å². The molecule has 23 heavy (non-hydrogen) atoms. The van der Waals surface area contributed by atoms with Gasteiger partial charge in [-0.1, -0.05) is 12.1 Å². The number of carbonyl (C=O) groups is 2. The summed E-state index contributed by atoms with van der Waals surface area (Å²) in [5.41, 5.74) is 0.937. The first kappa shape index (κ1) is 15.1. The van der Waals surface area contributed by atoms with Gasteiger partial charge in [0, 0.05) is 6.54 Å². The van der Waals surface area contributed by atoms with Gasteiger partial charge in [0.05, 0.1) is 23.9 Å². The maximum Gasteiger partial charge on any atom is 0.334 e. The zero-order valence-corrected chi connectivity index (χ0v) is 12.4. The standard InChI is InChI=1S/C14H15N5O4/c1-9-6-18(7-12(23-9)14(21)22)13(20)10-4-2-3-5-11(10)19-8-15-16-17-19/h2-5,8-9,12H,6-7H2,1H3,(H,21,22)/t9-,12?/m1/s1. The third-order valence-electron chi connectivity index (χ3n) is 3.55. The lowest BCUT2D eigenvalue weighted by Gasteiger charge is -2.35. The van der Waals surface area contributed by atoms with Crippen LogP contribution in [-0.2, 0) is 9.53 Å². The second-order valence-electron chi connectivity index (χ2n) is 5.26. The zero-order chi connectivity index (χ0) is 16.4. The van der Waals surface area contributed by atoms with Crippen LogP contribution < -0.4 is 0 Å². The summed E-state index contributed by atoms with van der Waals surface area (Å²) in [7, 11) is 0. The molecule has 1 unspecified atom stereocenters. The van der Waals surface area contributed by atoms with E-state index in [0.29, 0.717) is 17.8 Å². The number of ether oxygens (including phenoxy) is 1. The fourth-order valence-corrected chi connectivity index (χ4v) is 2.55. The summed E-state index contributed by atoms with van der Waals surface area (Å²) in [5.74, 6) is -1.36. The van der Waals surface area contributed by atoms with E-state index in [-0.39, 0.29) is 18.6 Å². The molecule has 0 aliphatic carbocycles. The predicted molar refractivity (Wildman–Crippen MR) is 77.0 cm³/mol. The molecular weight excluding hydrogens is 302 g/mol. The first-order valence-electron chi connectivity index (χ1n) is 7.06. The lowest BCUT2D eigenvalue weighted by Crippen LogP contribution is -2.51. The van der Waals surface area contributed by atoms with Crippen molar-refractivity contribution in [3.63, 3.8) is 0 Å². The Morgan fingerprint density at radius 3 is 2.78 bits per heavy atom. The molecule has 0 spiro atoms. The van der Waals surface area contributed by atoms with Crippen LogP contribution in [-0.4, -0.2) is 67.4 Å². The highest BCUT2D eigenvalue weighted by Crippen LogP contribution is 2.19. The molecular formula is C14H15N5O4. The quantitative estimate of drug-likeness (QED) is 0.846. The lowest BCUT2D eigenvalue weighted by molar-refractivity contribution is -0.160. The number of para-hydroxylation sites is 1. The smallest absolute Gasteiger partial charge is 0.334 e. The lowest BCUT2D eigenvalue weighted by atomic mass is 10.1. The average Bonchev–Trinajstić information content (AvgIpc) is 3.08. The maximum atomic E-state index is 12.8. The van der Waals surface area contributed by atoms with Gasteiger partial charge >= 0.3 is 5.97 Å². The van der Waals surface area contributed by atoms with Crippen LogP contribution in [0.5, 0.6) is 0 Å². The van der Waals surface area contributed by atoms with Gasteiger partial charge in [-0.25, -0.2) is 4.79 Å². The minimum absolute atomic E-state index is 0.00243. The molecule has 2 heterocycles. The number of aromatic nitrogens is 4. The molecule has 0 bridgehead atoms. The van der Waals surface area contributed by atoms with Crippen molar-refractivity contribution < 1.29 is 19.4 Å². The molecule has 1 fully saturated rings. The monoisotopic (exact) mass is 317 g/mol. The maximum absolute atomic E-state index is 12.8. The van der Waals surface area contributed by atoms with Gasteiger partial charge in [0.2, 0.25) is 0 Å². The summed E-state index contributed by atoms with van der Waals surface area (Å²) in [6.07, 6.45) is 0.0191. The molecule has 3 rings (SSSR count). The van der Waals surface area contributed by atoms with Gasteiger partial charge in [-0.3, -0.25) is 4.79 Å². The molecule has 0 saturated carbocycles. The van der Waals surface area contributed by atoms with Crippen LogP contribution in [0.4, 0.5) is 0 Å². The van der Waals surface area contributed by atoms with Gasteiger partial charge in [-0.2, -0.15) is 4.68 Å². The number of hydrogen-bond acceptors (Lipinski definition) is 6. The van der Waals surface area contributed by atoms with Crippen molar-refractivity contribution in [2.75, 3.05) is 13.1 Å². The Hall–Kier alpha value is -2.81. The summed E-state index contributed by atoms with van der Waals surface area (Å²) in [6, 6.07) is 6.90. The normalized spacial score (nSPS) is 21.2. The van der Waals surface area contributed by atoms with Crippen molar-refractivity contribution in [1.82, 2.24) is 25.1 Å². The van der Waals surface area contributed by atoms with E-state index >= 15 is 0 Å². The van der Waals surface area contributed by atoms with E-state index in [1.54, 1.807) is 31.2 Å². The summed E-state index contributed by atoms with van der Waals surface area (Å²) < 4.78 is 6.73. The van der Waals surface area contributed by atoms with E-state index in [1.165, 1.54) is 15.9 Å². The van der Waals surface area contributed by atoms with Gasteiger partial charge in [-0.05, 0) is 29.5 Å². The number of benzene rings is 1. The van der Waals surface area contributed by atoms with Crippen molar-refractivity contribution in [2.24, 2.45) is 0 Å². The Morgan fingerprint density at radius 2 is 2.09 bits per heavy atom. The number of morpholine rings is 1. The van der Waals surface area contributed by atoms with Gasteiger partial charge in [0.1, 0.15) is 6.33 Å². The number of tetrazole rings is 1. The average molecular weight is 317 g/mol. The van der Waals surface area contributed by atoms with E-state index in [4.69, 9.17) is 9.84 Å². The van der Waals surface area contributed by atoms with Gasteiger partial charge in [-0.15, -0.1) is 5.10 Å². The van der Waals surface area contributed by atoms with E-state index in [0.717, 1.165) is 0 Å². The Kier molecular flexibility index (Phi) is 4.02. The minimum Gasteiger partial charge on any atom is -0.479 e. The first-order chi connectivity index (χ1) is 11.1. The second kappa shape index (κ2) is 6.13. The predicted octanol–water partition coefficient (Wildman–Crippen LogP) is -0.0236. The number of hydrogen-bond donors (Lipinski definition) is 1. The number of aliphatic carboxylic acids is 1. The molecule has 9 heteroatoms. The van der Waals surface area contributed by atoms with Gasteiger partial charge in [0.25, 0.3) is 5.91 Å². The van der Waals surface area contributed by atoms with Crippen molar-refractivity contribution in [3.05, 3.63) is 36.2 Å². The Bertz CT molecular complexity index is 718. The minimum atomic E-state index is -1.08. The van der Waals surface area contributed by atoms with E-state index in [1.807, 2.05) is 0 Å². The van der Waals surface area contributed by atoms with Crippen molar-refractivity contribution in [1.29, 1.82) is 0 Å². The molecule has 1 saturated heterocycles. The van der Waals surface area contributed by atoms with Crippen LogP contribution in [0.25, 0.3) is 5.69 Å². The fraction of sp³-hybridized carbons (Fsp3) is 0.357. The number of carboxylic acids is 1. The molecule has 0 radical (unpaired) electrons. The van der Waals surface area contributed by atoms with E-state index in [9.17, 15) is 9.59 Å². The fourth-order valence-electron chi connectivity index (χ4n) is 2.55. The molecule has 1 aliphatic rings. The summed E-state index contributed by atoms with van der Waals surface area (Å²) in [5, 5.41) is 20.1. The summed E-state index contributed by atoms with van der Waals surface area (Å²) >= 11 is 0.